The highest BCUT2D eigenvalue weighted by Crippen LogP contribution is 2.17. The van der Waals surface area contributed by atoms with E-state index in [-0.39, 0.29) is 11.9 Å². The van der Waals surface area contributed by atoms with Crippen molar-refractivity contribution >= 4 is 5.91 Å². The van der Waals surface area contributed by atoms with Gasteiger partial charge in [-0.05, 0) is 19.8 Å². The van der Waals surface area contributed by atoms with Gasteiger partial charge in [0, 0.05) is 19.1 Å². The van der Waals surface area contributed by atoms with Gasteiger partial charge in [-0.1, -0.05) is 0 Å². The van der Waals surface area contributed by atoms with Gasteiger partial charge >= 0.3 is 0 Å². The van der Waals surface area contributed by atoms with Gasteiger partial charge in [0.25, 0.3) is 0 Å². The first-order valence-corrected chi connectivity index (χ1v) is 4.32. The number of carbonyl (C=O) groups is 1. The number of nitrogens with zero attached hydrogens (tertiary/aromatic N) is 1. The maximum atomic E-state index is 11.3. The SMILES string of the molecule is CC1C(=O)NC2CCN1CC2. The van der Waals surface area contributed by atoms with Gasteiger partial charge in [-0.25, -0.2) is 0 Å². The lowest BCUT2D eigenvalue weighted by Gasteiger charge is -2.27. The molecule has 2 bridgehead atoms. The molecule has 1 N–H and O–H groups in total. The molecule has 0 aromatic carbocycles. The lowest BCUT2D eigenvalue weighted by atomic mass is 10.1. The van der Waals surface area contributed by atoms with Crippen LogP contribution in [0.4, 0.5) is 0 Å². The molecule has 0 aromatic rings. The number of rotatable bonds is 0. The fourth-order valence-corrected chi connectivity index (χ4v) is 1.92. The van der Waals surface area contributed by atoms with Crippen molar-refractivity contribution < 1.29 is 4.79 Å². The highest BCUT2D eigenvalue weighted by molar-refractivity contribution is 5.82. The van der Waals surface area contributed by atoms with Crippen LogP contribution in [0.2, 0.25) is 0 Å². The highest BCUT2D eigenvalue weighted by Gasteiger charge is 2.32. The van der Waals surface area contributed by atoms with Crippen molar-refractivity contribution in [1.29, 1.82) is 0 Å². The van der Waals surface area contributed by atoms with Crippen molar-refractivity contribution in [2.45, 2.75) is 31.8 Å². The Balaban J connectivity index is 2.18. The number of nitrogens with one attached hydrogen (secondary N) is 1. The molecule has 0 aromatic heterocycles. The fourth-order valence-electron chi connectivity index (χ4n) is 1.92. The van der Waals surface area contributed by atoms with Gasteiger partial charge in [0.15, 0.2) is 0 Å². The predicted octanol–water partition coefficient (Wildman–Crippen LogP) is -0.0309. The molecule has 3 fully saturated rings. The molecule has 1 atom stereocenters. The summed E-state index contributed by atoms with van der Waals surface area (Å²) in [6.45, 7) is 4.16. The largest absolute Gasteiger partial charge is 0.352 e. The summed E-state index contributed by atoms with van der Waals surface area (Å²) in [7, 11) is 0. The summed E-state index contributed by atoms with van der Waals surface area (Å²) < 4.78 is 0. The van der Waals surface area contributed by atoms with Crippen LogP contribution in [-0.2, 0) is 4.79 Å². The van der Waals surface area contributed by atoms with E-state index >= 15 is 0 Å². The molecule has 1 unspecified atom stereocenters. The van der Waals surface area contributed by atoms with Gasteiger partial charge in [-0.15, -0.1) is 0 Å². The Morgan fingerprint density at radius 2 is 2.09 bits per heavy atom. The average Bonchev–Trinajstić information content (AvgIpc) is 2.22. The molecule has 3 heterocycles. The van der Waals surface area contributed by atoms with E-state index in [1.54, 1.807) is 0 Å². The smallest absolute Gasteiger partial charge is 0.237 e. The van der Waals surface area contributed by atoms with Gasteiger partial charge in [0.05, 0.1) is 6.04 Å². The van der Waals surface area contributed by atoms with E-state index < -0.39 is 0 Å². The Kier molecular flexibility index (Phi) is 1.60. The lowest BCUT2D eigenvalue weighted by molar-refractivity contribution is -0.124. The van der Waals surface area contributed by atoms with E-state index in [1.807, 2.05) is 6.92 Å². The number of amides is 1. The monoisotopic (exact) mass is 154 g/mol. The first-order chi connectivity index (χ1) is 5.27. The molecule has 62 valence electrons. The topological polar surface area (TPSA) is 32.3 Å². The van der Waals surface area contributed by atoms with Crippen molar-refractivity contribution in [3.8, 4) is 0 Å². The van der Waals surface area contributed by atoms with E-state index in [0.29, 0.717) is 6.04 Å². The molecule has 3 saturated heterocycles. The van der Waals surface area contributed by atoms with Crippen LogP contribution in [0.3, 0.4) is 0 Å². The summed E-state index contributed by atoms with van der Waals surface area (Å²) in [6, 6.07) is 0.561. The fraction of sp³-hybridized carbons (Fsp3) is 0.875. The molecule has 11 heavy (non-hydrogen) atoms. The van der Waals surface area contributed by atoms with Crippen LogP contribution in [0.1, 0.15) is 19.8 Å². The second-order valence-corrected chi connectivity index (χ2v) is 3.49. The van der Waals surface area contributed by atoms with Crippen molar-refractivity contribution in [2.24, 2.45) is 0 Å². The average molecular weight is 154 g/mol. The second-order valence-electron chi connectivity index (χ2n) is 3.49. The first-order valence-electron chi connectivity index (χ1n) is 4.32. The zero-order chi connectivity index (χ0) is 7.84. The highest BCUT2D eigenvalue weighted by atomic mass is 16.2. The van der Waals surface area contributed by atoms with Gasteiger partial charge in [-0.2, -0.15) is 0 Å². The third kappa shape index (κ3) is 1.13. The lowest BCUT2D eigenvalue weighted by Crippen LogP contribution is -2.40. The number of hydrogen-bond donors (Lipinski definition) is 1. The van der Waals surface area contributed by atoms with Crippen LogP contribution in [0.5, 0.6) is 0 Å². The maximum Gasteiger partial charge on any atom is 0.237 e. The predicted molar refractivity (Wildman–Crippen MR) is 42.2 cm³/mol. The Labute approximate surface area is 66.8 Å². The van der Waals surface area contributed by atoms with Crippen LogP contribution in [0.25, 0.3) is 0 Å². The zero-order valence-electron chi connectivity index (χ0n) is 6.84. The molecule has 3 aliphatic heterocycles. The third-order valence-corrected chi connectivity index (χ3v) is 2.80. The summed E-state index contributed by atoms with van der Waals surface area (Å²) >= 11 is 0. The Bertz CT molecular complexity index is 173. The Morgan fingerprint density at radius 1 is 1.45 bits per heavy atom. The molecule has 3 heteroatoms. The molecule has 3 nitrogen and oxygen atoms in total. The molecule has 0 spiro atoms. The molecular weight excluding hydrogens is 140 g/mol. The minimum Gasteiger partial charge on any atom is -0.352 e. The van der Waals surface area contributed by atoms with Crippen LogP contribution < -0.4 is 5.32 Å². The van der Waals surface area contributed by atoms with Gasteiger partial charge in [-0.3, -0.25) is 9.69 Å². The standard InChI is InChI=1S/C8H14N2O/c1-6-8(11)9-7-2-4-10(6)5-3-7/h6-7H,2-5H2,1H3,(H,9,11). The van der Waals surface area contributed by atoms with E-state index in [0.717, 1.165) is 25.9 Å². The van der Waals surface area contributed by atoms with Gasteiger partial charge < -0.3 is 5.32 Å². The summed E-state index contributed by atoms with van der Waals surface area (Å²) in [5, 5.41) is 3.04. The first kappa shape index (κ1) is 7.10. The van der Waals surface area contributed by atoms with Crippen LogP contribution in [-0.4, -0.2) is 36.0 Å². The van der Waals surface area contributed by atoms with E-state index in [2.05, 4.69) is 10.2 Å². The summed E-state index contributed by atoms with van der Waals surface area (Å²) in [5.41, 5.74) is 0. The minimum absolute atomic E-state index is 0.0995. The second kappa shape index (κ2) is 2.48. The molecular formula is C8H14N2O. The van der Waals surface area contributed by atoms with Crippen molar-refractivity contribution in [3.63, 3.8) is 0 Å². The van der Waals surface area contributed by atoms with Crippen LogP contribution in [0.15, 0.2) is 0 Å². The van der Waals surface area contributed by atoms with Crippen molar-refractivity contribution in [1.82, 2.24) is 10.2 Å². The molecule has 3 aliphatic rings. The van der Waals surface area contributed by atoms with Gasteiger partial charge in [0.1, 0.15) is 0 Å². The van der Waals surface area contributed by atoms with Crippen LogP contribution in [0, 0.1) is 0 Å². The number of carbonyl (C=O) groups excluding carboxylic acids is 1. The van der Waals surface area contributed by atoms with Crippen molar-refractivity contribution in [3.05, 3.63) is 0 Å². The third-order valence-electron chi connectivity index (χ3n) is 2.80. The van der Waals surface area contributed by atoms with Crippen molar-refractivity contribution in [2.75, 3.05) is 13.1 Å². The maximum absolute atomic E-state index is 11.3. The minimum atomic E-state index is 0.0995. The molecule has 0 aliphatic carbocycles. The van der Waals surface area contributed by atoms with E-state index in [4.69, 9.17) is 0 Å². The van der Waals surface area contributed by atoms with E-state index in [9.17, 15) is 4.79 Å². The molecule has 1 amide bonds. The Morgan fingerprint density at radius 3 is 2.73 bits per heavy atom. The molecule has 0 radical (unpaired) electrons. The summed E-state index contributed by atoms with van der Waals surface area (Å²) in [6.07, 6.45) is 2.27. The normalized spacial score (nSPS) is 43.4. The van der Waals surface area contributed by atoms with Crippen LogP contribution >= 0.6 is 0 Å². The molecule has 0 saturated carbocycles. The summed E-state index contributed by atoms with van der Waals surface area (Å²) in [5.74, 6) is 0.213. The zero-order valence-corrected chi connectivity index (χ0v) is 6.84. The number of fused-ring (bicyclic) bond motifs is 4. The number of piperidine rings is 1. The quantitative estimate of drug-likeness (QED) is 0.531. The molecule has 3 rings (SSSR count). The number of hydrogen-bond acceptors (Lipinski definition) is 2. The van der Waals surface area contributed by atoms with E-state index in [1.165, 1.54) is 0 Å². The Hall–Kier alpha value is -0.570. The van der Waals surface area contributed by atoms with Gasteiger partial charge in [0.2, 0.25) is 5.91 Å². The summed E-state index contributed by atoms with van der Waals surface area (Å²) in [4.78, 5) is 13.6.